The van der Waals surface area contributed by atoms with Gasteiger partial charge in [-0.25, -0.2) is 0 Å². The molecule has 1 heterocycles. The SMILES string of the molecule is CC(C)(C)c1ccc(O)c(NC(=S)NC(=O)/C=C/c2ccc(-c3ccc(Cl)cc3Cl)o2)c1. The minimum atomic E-state index is -0.448. The molecule has 3 aromatic rings. The van der Waals surface area contributed by atoms with Gasteiger partial charge in [-0.3, -0.25) is 10.1 Å². The number of anilines is 1. The molecule has 1 aromatic heterocycles. The van der Waals surface area contributed by atoms with Crippen LogP contribution in [0.2, 0.25) is 10.0 Å². The topological polar surface area (TPSA) is 74.5 Å². The summed E-state index contributed by atoms with van der Waals surface area (Å²) in [6.45, 7) is 6.19. The molecular weight excluding hydrogens is 467 g/mol. The number of carbonyl (C=O) groups excluding carboxylic acids is 1. The van der Waals surface area contributed by atoms with Crippen LogP contribution in [0.4, 0.5) is 5.69 Å². The Morgan fingerprint density at radius 3 is 2.53 bits per heavy atom. The van der Waals surface area contributed by atoms with E-state index >= 15 is 0 Å². The average molecular weight is 489 g/mol. The number of phenols is 1. The van der Waals surface area contributed by atoms with E-state index < -0.39 is 5.91 Å². The molecule has 1 amide bonds. The predicted octanol–water partition coefficient (Wildman–Crippen LogP) is 6.78. The summed E-state index contributed by atoms with van der Waals surface area (Å²) in [4.78, 5) is 12.2. The summed E-state index contributed by atoms with van der Waals surface area (Å²) in [6.07, 6.45) is 2.81. The highest BCUT2D eigenvalue weighted by Gasteiger charge is 2.16. The third kappa shape index (κ3) is 6.13. The minimum absolute atomic E-state index is 0.0362. The molecule has 0 aliphatic heterocycles. The van der Waals surface area contributed by atoms with Crippen LogP contribution >= 0.6 is 35.4 Å². The molecule has 32 heavy (non-hydrogen) atoms. The molecule has 0 spiro atoms. The number of phenolic OH excluding ortho intramolecular Hbond substituents is 1. The van der Waals surface area contributed by atoms with Crippen molar-refractivity contribution in [2.45, 2.75) is 26.2 Å². The van der Waals surface area contributed by atoms with E-state index in [-0.39, 0.29) is 16.3 Å². The maximum Gasteiger partial charge on any atom is 0.250 e. The van der Waals surface area contributed by atoms with Gasteiger partial charge in [0.2, 0.25) is 5.91 Å². The fraction of sp³-hybridized carbons (Fsp3) is 0.167. The monoisotopic (exact) mass is 488 g/mol. The number of aromatic hydroxyl groups is 1. The summed E-state index contributed by atoms with van der Waals surface area (Å²) in [7, 11) is 0. The predicted molar refractivity (Wildman–Crippen MR) is 134 cm³/mol. The van der Waals surface area contributed by atoms with Crippen molar-refractivity contribution < 1.29 is 14.3 Å². The van der Waals surface area contributed by atoms with Crippen LogP contribution in [0.1, 0.15) is 32.1 Å². The van der Waals surface area contributed by atoms with Crippen molar-refractivity contribution in [3.05, 3.63) is 76.0 Å². The quantitative estimate of drug-likeness (QED) is 0.214. The lowest BCUT2D eigenvalue weighted by atomic mass is 9.87. The van der Waals surface area contributed by atoms with Gasteiger partial charge >= 0.3 is 0 Å². The summed E-state index contributed by atoms with van der Waals surface area (Å²) in [5.74, 6) is 0.610. The molecule has 0 aliphatic carbocycles. The largest absolute Gasteiger partial charge is 0.506 e. The van der Waals surface area contributed by atoms with Crippen LogP contribution in [-0.2, 0) is 10.2 Å². The van der Waals surface area contributed by atoms with Crippen LogP contribution < -0.4 is 10.6 Å². The van der Waals surface area contributed by atoms with Gasteiger partial charge in [0, 0.05) is 16.7 Å². The number of hydrogen-bond acceptors (Lipinski definition) is 4. The number of hydrogen-bond donors (Lipinski definition) is 3. The van der Waals surface area contributed by atoms with Crippen LogP contribution in [0, 0.1) is 0 Å². The van der Waals surface area contributed by atoms with E-state index in [2.05, 4.69) is 31.4 Å². The fourth-order valence-electron chi connectivity index (χ4n) is 2.84. The van der Waals surface area contributed by atoms with Crippen LogP contribution in [0.5, 0.6) is 5.75 Å². The standard InChI is InChI=1S/C24H22Cl2N2O3S/c1-24(2,3)14-4-9-20(29)19(12-14)27-23(32)28-22(30)11-7-16-6-10-21(31-16)17-8-5-15(25)13-18(17)26/h4-13,29H,1-3H3,(H2,27,28,30,32)/b11-7+. The average Bonchev–Trinajstić information content (AvgIpc) is 3.16. The summed E-state index contributed by atoms with van der Waals surface area (Å²) in [5, 5.41) is 16.6. The first-order valence-electron chi connectivity index (χ1n) is 9.72. The molecule has 0 fully saturated rings. The van der Waals surface area contributed by atoms with Crippen molar-refractivity contribution in [3.63, 3.8) is 0 Å². The van der Waals surface area contributed by atoms with E-state index in [9.17, 15) is 9.90 Å². The molecule has 0 atom stereocenters. The molecule has 0 saturated heterocycles. The van der Waals surface area contributed by atoms with Crippen molar-refractivity contribution in [2.24, 2.45) is 0 Å². The molecule has 2 aromatic carbocycles. The second-order valence-corrected chi connectivity index (χ2v) is 9.34. The number of nitrogens with one attached hydrogen (secondary N) is 2. The maximum absolute atomic E-state index is 12.2. The van der Waals surface area contributed by atoms with Gasteiger partial charge in [-0.2, -0.15) is 0 Å². The Morgan fingerprint density at radius 1 is 1.09 bits per heavy atom. The van der Waals surface area contributed by atoms with Gasteiger partial charge in [0.25, 0.3) is 0 Å². The number of halogens is 2. The maximum atomic E-state index is 12.2. The van der Waals surface area contributed by atoms with Gasteiger partial charge in [0.15, 0.2) is 5.11 Å². The van der Waals surface area contributed by atoms with E-state index in [1.165, 1.54) is 12.2 Å². The zero-order chi connectivity index (χ0) is 23.5. The third-order valence-corrected chi connectivity index (χ3v) is 5.32. The first-order valence-corrected chi connectivity index (χ1v) is 10.9. The number of furan rings is 1. The summed E-state index contributed by atoms with van der Waals surface area (Å²) in [5.41, 5.74) is 2.03. The third-order valence-electron chi connectivity index (χ3n) is 4.57. The van der Waals surface area contributed by atoms with Crippen LogP contribution in [0.25, 0.3) is 17.4 Å². The van der Waals surface area contributed by atoms with E-state index in [0.29, 0.717) is 32.8 Å². The lowest BCUT2D eigenvalue weighted by Crippen LogP contribution is -2.32. The second-order valence-electron chi connectivity index (χ2n) is 8.08. The van der Waals surface area contributed by atoms with Crippen molar-refractivity contribution in [1.29, 1.82) is 0 Å². The molecule has 0 aliphatic rings. The molecule has 0 bridgehead atoms. The van der Waals surface area contributed by atoms with Gasteiger partial charge in [-0.05, 0) is 71.7 Å². The van der Waals surface area contributed by atoms with E-state index in [4.69, 9.17) is 39.8 Å². The van der Waals surface area contributed by atoms with E-state index in [1.807, 2.05) is 6.07 Å². The van der Waals surface area contributed by atoms with Crippen molar-refractivity contribution in [3.8, 4) is 17.1 Å². The van der Waals surface area contributed by atoms with Crippen LogP contribution in [0.15, 0.2) is 59.0 Å². The molecule has 8 heteroatoms. The Hall–Kier alpha value is -2.80. The number of rotatable bonds is 4. The lowest BCUT2D eigenvalue weighted by Gasteiger charge is -2.20. The van der Waals surface area contributed by atoms with Gasteiger partial charge in [-0.1, -0.05) is 50.0 Å². The van der Waals surface area contributed by atoms with Crippen molar-refractivity contribution >= 4 is 58.2 Å². The number of amides is 1. The Morgan fingerprint density at radius 2 is 1.84 bits per heavy atom. The van der Waals surface area contributed by atoms with Crippen molar-refractivity contribution in [2.75, 3.05) is 5.32 Å². The number of thiocarbonyl (C=S) groups is 1. The highest BCUT2D eigenvalue weighted by molar-refractivity contribution is 7.80. The number of benzene rings is 2. The Balaban J connectivity index is 1.63. The first-order chi connectivity index (χ1) is 15.0. The molecule has 0 radical (unpaired) electrons. The molecule has 0 saturated carbocycles. The summed E-state index contributed by atoms with van der Waals surface area (Å²) >= 11 is 17.3. The highest BCUT2D eigenvalue weighted by Crippen LogP contribution is 2.32. The number of carbonyl (C=O) groups is 1. The van der Waals surface area contributed by atoms with Gasteiger partial charge in [-0.15, -0.1) is 0 Å². The highest BCUT2D eigenvalue weighted by atomic mass is 35.5. The Bertz CT molecular complexity index is 1200. The molecular formula is C24H22Cl2N2O3S. The molecule has 3 N–H and O–H groups in total. The van der Waals surface area contributed by atoms with Crippen LogP contribution in [0.3, 0.4) is 0 Å². The fourth-order valence-corrected chi connectivity index (χ4v) is 3.56. The molecule has 5 nitrogen and oxygen atoms in total. The Kier molecular flexibility index (Phi) is 7.29. The van der Waals surface area contributed by atoms with Gasteiger partial charge < -0.3 is 14.8 Å². The Labute approximate surface area is 202 Å². The molecule has 0 unspecified atom stereocenters. The minimum Gasteiger partial charge on any atom is -0.506 e. The second kappa shape index (κ2) is 9.77. The summed E-state index contributed by atoms with van der Waals surface area (Å²) < 4.78 is 5.73. The zero-order valence-electron chi connectivity index (χ0n) is 17.7. The molecule has 166 valence electrons. The van der Waals surface area contributed by atoms with E-state index in [0.717, 1.165) is 5.56 Å². The normalized spacial score (nSPS) is 11.5. The zero-order valence-corrected chi connectivity index (χ0v) is 20.0. The first kappa shape index (κ1) is 23.9. The van der Waals surface area contributed by atoms with Gasteiger partial charge in [0.05, 0.1) is 10.7 Å². The smallest absolute Gasteiger partial charge is 0.250 e. The van der Waals surface area contributed by atoms with Gasteiger partial charge in [0.1, 0.15) is 17.3 Å². The van der Waals surface area contributed by atoms with Crippen molar-refractivity contribution in [1.82, 2.24) is 5.32 Å². The lowest BCUT2D eigenvalue weighted by molar-refractivity contribution is -0.115. The van der Waals surface area contributed by atoms with Crippen LogP contribution in [-0.4, -0.2) is 16.1 Å². The molecule has 3 rings (SSSR count). The summed E-state index contributed by atoms with van der Waals surface area (Å²) in [6, 6.07) is 13.8. The van der Waals surface area contributed by atoms with E-state index in [1.54, 1.807) is 42.5 Å².